The summed E-state index contributed by atoms with van der Waals surface area (Å²) in [6.07, 6.45) is 1.70. The molecule has 0 N–H and O–H groups in total. The lowest BCUT2D eigenvalue weighted by atomic mass is 10.1. The fraction of sp³-hybridized carbons (Fsp3) is 0.227. The summed E-state index contributed by atoms with van der Waals surface area (Å²) in [5.74, 6) is -0.167. The highest BCUT2D eigenvalue weighted by molar-refractivity contribution is 7.18. The zero-order valence-electron chi connectivity index (χ0n) is 16.6. The van der Waals surface area contributed by atoms with Gasteiger partial charge in [-0.05, 0) is 56.2 Å². The van der Waals surface area contributed by atoms with Crippen molar-refractivity contribution in [3.63, 3.8) is 0 Å². The molecule has 3 aromatic rings. The second-order valence-electron chi connectivity index (χ2n) is 6.46. The summed E-state index contributed by atoms with van der Waals surface area (Å²) in [4.78, 5) is 14.2. The van der Waals surface area contributed by atoms with Crippen molar-refractivity contribution in [2.75, 3.05) is 18.1 Å². The molecule has 1 aromatic heterocycles. The van der Waals surface area contributed by atoms with Crippen molar-refractivity contribution in [1.29, 1.82) is 0 Å². The summed E-state index contributed by atoms with van der Waals surface area (Å²) in [7, 11) is 0. The van der Waals surface area contributed by atoms with Gasteiger partial charge in [-0.3, -0.25) is 9.69 Å². The van der Waals surface area contributed by atoms with E-state index in [1.165, 1.54) is 28.4 Å². The molecule has 1 heterocycles. The van der Waals surface area contributed by atoms with Crippen molar-refractivity contribution in [2.24, 2.45) is 0 Å². The summed E-state index contributed by atoms with van der Waals surface area (Å²) in [6, 6.07) is 9.89. The fourth-order valence-electron chi connectivity index (χ4n) is 3.03. The van der Waals surface area contributed by atoms with Crippen LogP contribution in [-0.4, -0.2) is 29.3 Å². The average Bonchev–Trinajstić information content (AvgIpc) is 3.18. The number of benzene rings is 2. The smallest absolute Gasteiger partial charge is 0.263 e. The van der Waals surface area contributed by atoms with E-state index in [1.54, 1.807) is 18.2 Å². The molecule has 0 spiro atoms. The van der Waals surface area contributed by atoms with Crippen LogP contribution in [0.4, 0.5) is 9.52 Å². The molecule has 0 bridgehead atoms. The molecule has 1 amide bonds. The Morgan fingerprint density at radius 1 is 1.24 bits per heavy atom. The van der Waals surface area contributed by atoms with Crippen LogP contribution in [0.15, 0.2) is 49.1 Å². The van der Waals surface area contributed by atoms with Gasteiger partial charge in [0.15, 0.2) is 0 Å². The van der Waals surface area contributed by atoms with E-state index in [0.717, 1.165) is 22.4 Å². The lowest BCUT2D eigenvalue weighted by Gasteiger charge is -2.17. The Morgan fingerprint density at radius 2 is 1.93 bits per heavy atom. The van der Waals surface area contributed by atoms with Crippen LogP contribution < -0.4 is 9.64 Å². The topological polar surface area (TPSA) is 55.3 Å². The molecular formula is C22H22FN3O2S. The third-order valence-corrected chi connectivity index (χ3v) is 5.36. The highest BCUT2D eigenvalue weighted by atomic mass is 32.1. The predicted molar refractivity (Wildman–Crippen MR) is 114 cm³/mol. The van der Waals surface area contributed by atoms with Crippen LogP contribution in [0.3, 0.4) is 0 Å². The van der Waals surface area contributed by atoms with Gasteiger partial charge in [0, 0.05) is 12.1 Å². The molecule has 0 saturated heterocycles. The Kier molecular flexibility index (Phi) is 6.39. The second-order valence-corrected chi connectivity index (χ2v) is 7.41. The average molecular weight is 412 g/mol. The van der Waals surface area contributed by atoms with E-state index in [1.807, 2.05) is 32.9 Å². The van der Waals surface area contributed by atoms with Gasteiger partial charge in [-0.25, -0.2) is 4.39 Å². The largest absolute Gasteiger partial charge is 0.489 e. The normalized spacial score (nSPS) is 10.6. The fourth-order valence-corrected chi connectivity index (χ4v) is 3.92. The number of carbonyl (C=O) groups is 1. The number of halogens is 1. The maximum absolute atomic E-state index is 14.0. The van der Waals surface area contributed by atoms with Gasteiger partial charge in [0.2, 0.25) is 5.13 Å². The third kappa shape index (κ3) is 4.35. The van der Waals surface area contributed by atoms with Crippen molar-refractivity contribution in [1.82, 2.24) is 10.2 Å². The molecule has 0 saturated carbocycles. The van der Waals surface area contributed by atoms with Gasteiger partial charge in [0.1, 0.15) is 23.2 Å². The van der Waals surface area contributed by atoms with E-state index in [4.69, 9.17) is 4.74 Å². The van der Waals surface area contributed by atoms with E-state index < -0.39 is 11.7 Å². The quantitative estimate of drug-likeness (QED) is 0.502. The lowest BCUT2D eigenvalue weighted by Crippen LogP contribution is -2.31. The Bertz CT molecular complexity index is 1030. The number of rotatable bonds is 7. The van der Waals surface area contributed by atoms with Crippen LogP contribution in [0.1, 0.15) is 28.4 Å². The minimum absolute atomic E-state index is 0.0153. The van der Waals surface area contributed by atoms with Crippen molar-refractivity contribution in [3.8, 4) is 16.3 Å². The first-order chi connectivity index (χ1) is 14.0. The number of carbonyl (C=O) groups excluding carboxylic acids is 1. The first-order valence-corrected chi connectivity index (χ1v) is 10.0. The van der Waals surface area contributed by atoms with Gasteiger partial charge in [-0.2, -0.15) is 0 Å². The summed E-state index contributed by atoms with van der Waals surface area (Å²) < 4.78 is 19.8. The summed E-state index contributed by atoms with van der Waals surface area (Å²) in [5.41, 5.74) is 2.87. The van der Waals surface area contributed by atoms with E-state index >= 15 is 0 Å². The number of nitrogens with zero attached hydrogens (tertiary/aromatic N) is 3. The molecule has 0 unspecified atom stereocenters. The molecule has 5 nitrogen and oxygen atoms in total. The molecule has 0 aliphatic heterocycles. The van der Waals surface area contributed by atoms with Gasteiger partial charge in [0.25, 0.3) is 5.91 Å². The zero-order chi connectivity index (χ0) is 21.0. The molecule has 7 heteroatoms. The van der Waals surface area contributed by atoms with Crippen LogP contribution in [0.5, 0.6) is 5.75 Å². The molecule has 0 aliphatic rings. The maximum atomic E-state index is 14.0. The van der Waals surface area contributed by atoms with E-state index in [2.05, 4.69) is 16.8 Å². The number of amides is 1. The molecule has 0 radical (unpaired) electrons. The molecule has 0 fully saturated rings. The molecule has 2 aromatic carbocycles. The Morgan fingerprint density at radius 3 is 2.55 bits per heavy atom. The zero-order valence-corrected chi connectivity index (χ0v) is 17.4. The van der Waals surface area contributed by atoms with E-state index in [-0.39, 0.29) is 5.56 Å². The van der Waals surface area contributed by atoms with Crippen LogP contribution in [0, 0.1) is 19.7 Å². The van der Waals surface area contributed by atoms with Gasteiger partial charge in [-0.1, -0.05) is 36.1 Å². The maximum Gasteiger partial charge on any atom is 0.263 e. The van der Waals surface area contributed by atoms with Crippen molar-refractivity contribution >= 4 is 22.4 Å². The van der Waals surface area contributed by atoms with Crippen LogP contribution >= 0.6 is 11.3 Å². The van der Waals surface area contributed by atoms with Gasteiger partial charge >= 0.3 is 0 Å². The Labute approximate surface area is 173 Å². The molecular weight excluding hydrogens is 389 g/mol. The highest BCUT2D eigenvalue weighted by Gasteiger charge is 2.23. The number of aromatic nitrogens is 2. The summed E-state index contributed by atoms with van der Waals surface area (Å²) in [6.45, 7) is 10.2. The Balaban J connectivity index is 1.91. The molecule has 150 valence electrons. The number of ether oxygens (including phenoxy) is 1. The number of hydrogen-bond acceptors (Lipinski definition) is 5. The first-order valence-electron chi connectivity index (χ1n) is 9.21. The van der Waals surface area contributed by atoms with Gasteiger partial charge < -0.3 is 4.74 Å². The van der Waals surface area contributed by atoms with E-state index in [0.29, 0.717) is 23.3 Å². The van der Waals surface area contributed by atoms with Crippen LogP contribution in [0.25, 0.3) is 10.6 Å². The van der Waals surface area contributed by atoms with Crippen molar-refractivity contribution < 1.29 is 13.9 Å². The Hall–Kier alpha value is -3.06. The van der Waals surface area contributed by atoms with Crippen LogP contribution in [-0.2, 0) is 0 Å². The molecule has 0 atom stereocenters. The molecule has 29 heavy (non-hydrogen) atoms. The SMILES string of the molecule is C=CCOc1c(C)cc(-c2nnc(N(CC)C(=O)c3ccccc3F)s2)cc1C. The van der Waals surface area contributed by atoms with Crippen LogP contribution in [0.2, 0.25) is 0 Å². The summed E-state index contributed by atoms with van der Waals surface area (Å²) in [5, 5.41) is 9.54. The standard InChI is InChI=1S/C22H22FN3O2S/c1-5-11-28-19-14(3)12-16(13-15(19)4)20-24-25-22(29-20)26(6-2)21(27)17-9-7-8-10-18(17)23/h5,7-10,12-13H,1,6,11H2,2-4H3. The van der Waals surface area contributed by atoms with Gasteiger partial charge in [-0.15, -0.1) is 10.2 Å². The van der Waals surface area contributed by atoms with Crippen molar-refractivity contribution in [2.45, 2.75) is 20.8 Å². The minimum atomic E-state index is -0.554. The lowest BCUT2D eigenvalue weighted by molar-refractivity contribution is 0.0984. The second kappa shape index (κ2) is 8.96. The summed E-state index contributed by atoms with van der Waals surface area (Å²) >= 11 is 1.29. The third-order valence-electron chi connectivity index (χ3n) is 4.36. The highest BCUT2D eigenvalue weighted by Crippen LogP contribution is 2.34. The number of aryl methyl sites for hydroxylation is 2. The molecule has 3 rings (SSSR count). The minimum Gasteiger partial charge on any atom is -0.489 e. The molecule has 0 aliphatic carbocycles. The number of anilines is 1. The number of hydrogen-bond donors (Lipinski definition) is 0. The van der Waals surface area contributed by atoms with Gasteiger partial charge in [0.05, 0.1) is 5.56 Å². The predicted octanol–water partition coefficient (Wildman–Crippen LogP) is 5.19. The monoisotopic (exact) mass is 411 g/mol. The van der Waals surface area contributed by atoms with E-state index in [9.17, 15) is 9.18 Å². The first kappa shape index (κ1) is 20.7. The van der Waals surface area contributed by atoms with Crippen molar-refractivity contribution in [3.05, 3.63) is 71.6 Å².